The highest BCUT2D eigenvalue weighted by molar-refractivity contribution is 6.30. The van der Waals surface area contributed by atoms with E-state index < -0.39 is 6.04 Å². The summed E-state index contributed by atoms with van der Waals surface area (Å²) in [5.74, 6) is -0.280. The summed E-state index contributed by atoms with van der Waals surface area (Å²) in [6, 6.07) is 13.8. The van der Waals surface area contributed by atoms with Crippen LogP contribution in [-0.4, -0.2) is 11.9 Å². The highest BCUT2D eigenvalue weighted by Crippen LogP contribution is 2.28. The van der Waals surface area contributed by atoms with Gasteiger partial charge in [0.2, 0.25) is 0 Å². The highest BCUT2D eigenvalue weighted by Gasteiger charge is 2.31. The molecule has 0 saturated carbocycles. The zero-order chi connectivity index (χ0) is 18.0. The maximum absolute atomic E-state index is 12.8. The topological polar surface area (TPSA) is 70.2 Å². The van der Waals surface area contributed by atoms with Crippen LogP contribution in [0.1, 0.15) is 24.1 Å². The van der Waals surface area contributed by atoms with Crippen molar-refractivity contribution in [2.45, 2.75) is 19.9 Å². The second kappa shape index (κ2) is 6.99. The summed E-state index contributed by atoms with van der Waals surface area (Å²) in [4.78, 5) is 24.7. The summed E-state index contributed by atoms with van der Waals surface area (Å²) in [7, 11) is 0. The van der Waals surface area contributed by atoms with Crippen molar-refractivity contribution >= 4 is 29.2 Å². The van der Waals surface area contributed by atoms with Crippen LogP contribution in [0.15, 0.2) is 59.8 Å². The van der Waals surface area contributed by atoms with Crippen LogP contribution < -0.4 is 16.0 Å². The number of allylic oxidation sites excluding steroid dienone is 1. The van der Waals surface area contributed by atoms with Gasteiger partial charge in [-0.15, -0.1) is 0 Å². The summed E-state index contributed by atoms with van der Waals surface area (Å²) in [5.41, 5.74) is 3.59. The van der Waals surface area contributed by atoms with Crippen molar-refractivity contribution in [3.8, 4) is 0 Å². The summed E-state index contributed by atoms with van der Waals surface area (Å²) in [5, 5.41) is 8.93. The van der Waals surface area contributed by atoms with Gasteiger partial charge in [-0.05, 0) is 43.7 Å². The van der Waals surface area contributed by atoms with Crippen molar-refractivity contribution in [3.05, 3.63) is 76.0 Å². The SMILES string of the molecule is CC1=C(C(=O)Nc2ccc(Cl)cc2)C(c2ccc(C)cc2)NC(=O)N1. The summed E-state index contributed by atoms with van der Waals surface area (Å²) in [6.45, 7) is 3.71. The normalized spacial score (nSPS) is 16.9. The monoisotopic (exact) mass is 355 g/mol. The van der Waals surface area contributed by atoms with Gasteiger partial charge in [-0.3, -0.25) is 4.79 Å². The Morgan fingerprint density at radius 1 is 1.04 bits per heavy atom. The second-order valence-electron chi connectivity index (χ2n) is 5.94. The third kappa shape index (κ3) is 3.83. The number of amides is 3. The van der Waals surface area contributed by atoms with Crippen LogP contribution in [0, 0.1) is 6.92 Å². The number of urea groups is 1. The average Bonchev–Trinajstić information content (AvgIpc) is 2.57. The molecule has 3 amide bonds. The van der Waals surface area contributed by atoms with Crippen LogP contribution in [0.3, 0.4) is 0 Å². The van der Waals surface area contributed by atoms with Crippen LogP contribution >= 0.6 is 11.6 Å². The molecule has 0 fully saturated rings. The molecule has 3 rings (SSSR count). The molecule has 0 bridgehead atoms. The van der Waals surface area contributed by atoms with E-state index in [9.17, 15) is 9.59 Å². The van der Waals surface area contributed by atoms with Crippen LogP contribution in [0.4, 0.5) is 10.5 Å². The third-order valence-corrected chi connectivity index (χ3v) is 4.28. The van der Waals surface area contributed by atoms with Gasteiger partial charge >= 0.3 is 6.03 Å². The fraction of sp³-hybridized carbons (Fsp3) is 0.158. The minimum absolute atomic E-state index is 0.280. The lowest BCUT2D eigenvalue weighted by atomic mass is 9.94. The number of halogens is 1. The molecule has 6 heteroatoms. The maximum Gasteiger partial charge on any atom is 0.319 e. The zero-order valence-electron chi connectivity index (χ0n) is 13.9. The Balaban J connectivity index is 1.92. The first kappa shape index (κ1) is 17.0. The molecule has 1 aliphatic rings. The molecular weight excluding hydrogens is 338 g/mol. The molecule has 3 N–H and O–H groups in total. The Kier molecular flexibility index (Phi) is 4.76. The van der Waals surface area contributed by atoms with Gasteiger partial charge in [-0.1, -0.05) is 41.4 Å². The average molecular weight is 356 g/mol. The van der Waals surface area contributed by atoms with E-state index in [2.05, 4.69) is 16.0 Å². The lowest BCUT2D eigenvalue weighted by Crippen LogP contribution is -2.45. The number of rotatable bonds is 3. The summed E-state index contributed by atoms with van der Waals surface area (Å²) < 4.78 is 0. The number of carbonyl (C=O) groups is 2. The molecule has 0 aliphatic carbocycles. The van der Waals surface area contributed by atoms with E-state index in [0.29, 0.717) is 22.0 Å². The number of aryl methyl sites for hydroxylation is 1. The first-order valence-electron chi connectivity index (χ1n) is 7.86. The summed E-state index contributed by atoms with van der Waals surface area (Å²) >= 11 is 5.87. The number of benzene rings is 2. The van der Waals surface area contributed by atoms with E-state index in [-0.39, 0.29) is 11.9 Å². The molecular formula is C19H18ClN3O2. The quantitative estimate of drug-likeness (QED) is 0.781. The van der Waals surface area contributed by atoms with Crippen LogP contribution in [0.25, 0.3) is 0 Å². The first-order chi connectivity index (χ1) is 11.9. The molecule has 25 heavy (non-hydrogen) atoms. The van der Waals surface area contributed by atoms with Crippen molar-refractivity contribution in [2.24, 2.45) is 0 Å². The van der Waals surface area contributed by atoms with Gasteiger partial charge in [0.05, 0.1) is 11.6 Å². The molecule has 0 aromatic heterocycles. The van der Waals surface area contributed by atoms with E-state index in [1.165, 1.54) is 0 Å². The predicted molar refractivity (Wildman–Crippen MR) is 98.4 cm³/mol. The third-order valence-electron chi connectivity index (χ3n) is 4.03. The Morgan fingerprint density at radius 3 is 2.32 bits per heavy atom. The Bertz CT molecular complexity index is 842. The number of hydrogen-bond acceptors (Lipinski definition) is 2. The maximum atomic E-state index is 12.8. The fourth-order valence-electron chi connectivity index (χ4n) is 2.74. The number of anilines is 1. The molecule has 0 spiro atoms. The first-order valence-corrected chi connectivity index (χ1v) is 8.23. The van der Waals surface area contributed by atoms with Gasteiger partial charge in [0.1, 0.15) is 0 Å². The largest absolute Gasteiger partial charge is 0.327 e. The van der Waals surface area contributed by atoms with Crippen molar-refractivity contribution < 1.29 is 9.59 Å². The van der Waals surface area contributed by atoms with Gasteiger partial charge in [0.15, 0.2) is 0 Å². The molecule has 5 nitrogen and oxygen atoms in total. The molecule has 0 saturated heterocycles. The zero-order valence-corrected chi connectivity index (χ0v) is 14.6. The number of hydrogen-bond donors (Lipinski definition) is 3. The minimum atomic E-state index is -0.512. The molecule has 1 atom stereocenters. The molecule has 1 unspecified atom stereocenters. The van der Waals surface area contributed by atoms with Gasteiger partial charge in [-0.2, -0.15) is 0 Å². The Morgan fingerprint density at radius 2 is 1.68 bits per heavy atom. The molecule has 1 heterocycles. The second-order valence-corrected chi connectivity index (χ2v) is 6.38. The van der Waals surface area contributed by atoms with E-state index in [1.54, 1.807) is 31.2 Å². The van der Waals surface area contributed by atoms with E-state index in [0.717, 1.165) is 11.1 Å². The van der Waals surface area contributed by atoms with Gasteiger partial charge in [0.25, 0.3) is 5.91 Å². The van der Waals surface area contributed by atoms with Crippen LogP contribution in [-0.2, 0) is 4.79 Å². The highest BCUT2D eigenvalue weighted by atomic mass is 35.5. The van der Waals surface area contributed by atoms with Crippen LogP contribution in [0.2, 0.25) is 5.02 Å². The van der Waals surface area contributed by atoms with Gasteiger partial charge in [-0.25, -0.2) is 4.79 Å². The Hall–Kier alpha value is -2.79. The number of carbonyl (C=O) groups excluding carboxylic acids is 2. The molecule has 2 aromatic carbocycles. The molecule has 0 radical (unpaired) electrons. The Labute approximate surface area is 151 Å². The van der Waals surface area contributed by atoms with Gasteiger partial charge < -0.3 is 16.0 Å². The van der Waals surface area contributed by atoms with Gasteiger partial charge in [0, 0.05) is 16.4 Å². The van der Waals surface area contributed by atoms with Crippen molar-refractivity contribution in [2.75, 3.05) is 5.32 Å². The van der Waals surface area contributed by atoms with Crippen molar-refractivity contribution in [3.63, 3.8) is 0 Å². The van der Waals surface area contributed by atoms with E-state index >= 15 is 0 Å². The number of nitrogens with one attached hydrogen (secondary N) is 3. The van der Waals surface area contributed by atoms with E-state index in [4.69, 9.17) is 11.6 Å². The molecule has 128 valence electrons. The standard InChI is InChI=1S/C19H18ClN3O2/c1-11-3-5-13(6-4-11)17-16(12(2)21-19(25)23-17)18(24)22-15-9-7-14(20)8-10-15/h3-10,17H,1-2H3,(H,22,24)(H2,21,23,25). The van der Waals surface area contributed by atoms with Crippen LogP contribution in [0.5, 0.6) is 0 Å². The lowest BCUT2D eigenvalue weighted by Gasteiger charge is -2.28. The predicted octanol–water partition coefficient (Wildman–Crippen LogP) is 3.92. The van der Waals surface area contributed by atoms with E-state index in [1.807, 2.05) is 31.2 Å². The molecule has 2 aromatic rings. The molecule has 1 aliphatic heterocycles. The minimum Gasteiger partial charge on any atom is -0.327 e. The lowest BCUT2D eigenvalue weighted by molar-refractivity contribution is -0.113. The van der Waals surface area contributed by atoms with Crippen molar-refractivity contribution in [1.29, 1.82) is 0 Å². The smallest absolute Gasteiger partial charge is 0.319 e. The van der Waals surface area contributed by atoms with Crippen molar-refractivity contribution in [1.82, 2.24) is 10.6 Å². The summed E-state index contributed by atoms with van der Waals surface area (Å²) in [6.07, 6.45) is 0. The fourth-order valence-corrected chi connectivity index (χ4v) is 2.86.